The zero-order valence-corrected chi connectivity index (χ0v) is 30.1. The third kappa shape index (κ3) is 9.36. The number of hydrazine groups is 1. The molecule has 2 amide bonds. The van der Waals surface area contributed by atoms with E-state index in [0.717, 1.165) is 55.6 Å². The number of pyridine rings is 1. The van der Waals surface area contributed by atoms with Crippen molar-refractivity contribution < 1.29 is 32.2 Å². The van der Waals surface area contributed by atoms with E-state index in [1.165, 1.54) is 11.1 Å². The van der Waals surface area contributed by atoms with Crippen LogP contribution in [0.1, 0.15) is 83.8 Å². The van der Waals surface area contributed by atoms with Crippen LogP contribution >= 0.6 is 23.5 Å². The molecule has 2 aromatic heterocycles. The minimum Gasteiger partial charge on any atom is -0.444 e. The van der Waals surface area contributed by atoms with Gasteiger partial charge in [0.25, 0.3) is 5.91 Å². The summed E-state index contributed by atoms with van der Waals surface area (Å²) < 4.78 is 55.1. The van der Waals surface area contributed by atoms with Crippen LogP contribution in [0.2, 0.25) is 5.15 Å². The van der Waals surface area contributed by atoms with Crippen LogP contribution in [0.3, 0.4) is 0 Å². The average molecular weight is 716 g/mol. The van der Waals surface area contributed by atoms with Crippen molar-refractivity contribution in [1.82, 2.24) is 29.8 Å². The highest BCUT2D eigenvalue weighted by Gasteiger charge is 2.48. The molecule has 2 atom stereocenters. The fraction of sp³-hybridized carbons (Fsp3) is 0.625. The lowest BCUT2D eigenvalue weighted by molar-refractivity contribution is -0.230. The van der Waals surface area contributed by atoms with Crippen LogP contribution in [-0.4, -0.2) is 68.4 Å². The molecular formula is C32H45ClF3N7O4S. The number of carbonyl (C=O) groups is 2. The van der Waals surface area contributed by atoms with Gasteiger partial charge in [-0.3, -0.25) is 19.2 Å². The van der Waals surface area contributed by atoms with Crippen molar-refractivity contribution in [2.45, 2.75) is 110 Å². The lowest BCUT2D eigenvalue weighted by Crippen LogP contribution is -2.45. The molecule has 2 aliphatic heterocycles. The van der Waals surface area contributed by atoms with Crippen molar-refractivity contribution in [3.05, 3.63) is 47.0 Å². The summed E-state index contributed by atoms with van der Waals surface area (Å²) >= 11 is 7.48. The van der Waals surface area contributed by atoms with E-state index in [1.54, 1.807) is 24.5 Å². The summed E-state index contributed by atoms with van der Waals surface area (Å²) in [5.41, 5.74) is 1.13. The number of alkyl halides is 3. The lowest BCUT2D eigenvalue weighted by atomic mass is 9.93. The molecule has 0 aromatic carbocycles. The summed E-state index contributed by atoms with van der Waals surface area (Å²) in [6, 6.07) is 3.08. The Morgan fingerprint density at radius 3 is 2.54 bits per heavy atom. The number of halogens is 4. The van der Waals surface area contributed by atoms with Crippen molar-refractivity contribution in [3.8, 4) is 0 Å². The number of amides is 2. The number of hydrogen-bond acceptors (Lipinski definition) is 9. The van der Waals surface area contributed by atoms with Crippen molar-refractivity contribution in [1.29, 1.82) is 0 Å². The predicted molar refractivity (Wildman–Crippen MR) is 178 cm³/mol. The van der Waals surface area contributed by atoms with Gasteiger partial charge in [0.1, 0.15) is 22.8 Å². The maximum Gasteiger partial charge on any atom is 0.410 e. The molecule has 1 saturated heterocycles. The molecule has 0 spiro atoms. The molecule has 0 aliphatic carbocycles. The number of carbonyl (C=O) groups excluding carboxylic acids is 2. The number of nitrogens with one attached hydrogen (secondary N) is 2. The van der Waals surface area contributed by atoms with Gasteiger partial charge in [-0.1, -0.05) is 11.6 Å². The largest absolute Gasteiger partial charge is 0.444 e. The van der Waals surface area contributed by atoms with E-state index >= 15 is 0 Å². The topological polar surface area (TPSA) is 114 Å². The second-order valence-electron chi connectivity index (χ2n) is 14.4. The normalized spacial score (nSPS) is 19.7. The summed E-state index contributed by atoms with van der Waals surface area (Å²) in [4.78, 5) is 32.6. The van der Waals surface area contributed by atoms with Gasteiger partial charge in [-0.2, -0.15) is 23.7 Å². The Kier molecular flexibility index (Phi) is 11.4. The Labute approximate surface area is 289 Å². The first kappa shape index (κ1) is 37.8. The average Bonchev–Trinajstić information content (AvgIpc) is 3.66. The fourth-order valence-electron chi connectivity index (χ4n) is 5.39. The molecule has 0 bridgehead atoms. The number of ether oxygens (including phenoxy) is 2. The molecule has 1 fully saturated rings. The zero-order valence-electron chi connectivity index (χ0n) is 28.6. The molecule has 2 unspecified atom stereocenters. The first-order valence-corrected chi connectivity index (χ1v) is 17.0. The van der Waals surface area contributed by atoms with Crippen molar-refractivity contribution in [3.63, 3.8) is 0 Å². The second kappa shape index (κ2) is 14.5. The maximum atomic E-state index is 13.1. The zero-order chi connectivity index (χ0) is 35.7. The van der Waals surface area contributed by atoms with E-state index in [-0.39, 0.29) is 22.3 Å². The van der Waals surface area contributed by atoms with Crippen LogP contribution < -0.4 is 15.2 Å². The summed E-state index contributed by atoms with van der Waals surface area (Å²) in [6.45, 7) is 14.7. The van der Waals surface area contributed by atoms with Crippen LogP contribution in [0.25, 0.3) is 0 Å². The molecule has 4 rings (SSSR count). The lowest BCUT2D eigenvalue weighted by Gasteiger charge is -2.33. The van der Waals surface area contributed by atoms with Gasteiger partial charge >= 0.3 is 12.3 Å². The van der Waals surface area contributed by atoms with E-state index in [2.05, 4.69) is 34.1 Å². The van der Waals surface area contributed by atoms with Crippen molar-refractivity contribution >= 4 is 41.4 Å². The number of likely N-dealkylation sites (tertiary alicyclic amines) is 1. The Morgan fingerprint density at radius 2 is 1.90 bits per heavy atom. The molecular weight excluding hydrogens is 671 g/mol. The molecule has 266 valence electrons. The molecule has 0 saturated carbocycles. The fourth-order valence-corrected chi connectivity index (χ4v) is 6.29. The molecule has 11 nitrogen and oxygen atoms in total. The summed E-state index contributed by atoms with van der Waals surface area (Å²) in [5, 5.41) is 5.91. The van der Waals surface area contributed by atoms with Gasteiger partial charge in [-0.15, -0.1) is 0 Å². The number of nitrogens with zero attached hydrogens (tertiary/aromatic N) is 5. The molecule has 0 radical (unpaired) electrons. The monoisotopic (exact) mass is 715 g/mol. The first-order chi connectivity index (χ1) is 22.2. The Morgan fingerprint density at radius 1 is 1.19 bits per heavy atom. The highest BCUT2D eigenvalue weighted by Crippen LogP contribution is 2.38. The van der Waals surface area contributed by atoms with Crippen LogP contribution in [0.4, 0.5) is 23.8 Å². The highest BCUT2D eigenvalue weighted by molar-refractivity contribution is 7.98. The van der Waals surface area contributed by atoms with Crippen LogP contribution in [-0.2, 0) is 16.0 Å². The quantitative estimate of drug-likeness (QED) is 0.183. The number of hydrogen-bond donors (Lipinski definition) is 2. The Hall–Kier alpha value is -3.01. The van der Waals surface area contributed by atoms with E-state index in [9.17, 15) is 22.8 Å². The smallest absolute Gasteiger partial charge is 0.410 e. The van der Waals surface area contributed by atoms with Crippen molar-refractivity contribution in [2.75, 3.05) is 18.2 Å². The van der Waals surface area contributed by atoms with Gasteiger partial charge in [0.15, 0.2) is 0 Å². The second-order valence-corrected chi connectivity index (χ2v) is 15.6. The molecule has 48 heavy (non-hydrogen) atoms. The SMILES string of the molecule is Cc1c(SNC(=O)c2ccc(N3C=CC(OCC(C)(C)C(F)(F)F)N3)nc2Cl)cnn1CCCC1CN(C(=O)OC(C)(C)C)C(C)(C)C1. The summed E-state index contributed by atoms with van der Waals surface area (Å²) in [7, 11) is 0. The van der Waals surface area contributed by atoms with E-state index < -0.39 is 35.9 Å². The van der Waals surface area contributed by atoms with Gasteiger partial charge in [0.05, 0.1) is 34.4 Å². The summed E-state index contributed by atoms with van der Waals surface area (Å²) in [6.07, 6.45) is 2.07. The van der Waals surface area contributed by atoms with Crippen molar-refractivity contribution in [2.24, 2.45) is 11.3 Å². The van der Waals surface area contributed by atoms with E-state index in [1.807, 2.05) is 37.3 Å². The Bertz CT molecular complexity index is 1510. The summed E-state index contributed by atoms with van der Waals surface area (Å²) in [5.74, 6) is 0.247. The van der Waals surface area contributed by atoms with Gasteiger partial charge in [-0.05, 0) is 111 Å². The molecule has 2 aromatic rings. The van der Waals surface area contributed by atoms with Gasteiger partial charge < -0.3 is 14.4 Å². The number of aromatic nitrogens is 3. The number of rotatable bonds is 11. The highest BCUT2D eigenvalue weighted by atomic mass is 35.5. The third-order valence-corrected chi connectivity index (χ3v) is 9.46. The standard InChI is InChI=1S/C32H45ClF3N7O4S/c1-20-23(17-37-42(20)14-9-10-21-16-31(7,8)41(18-21)28(45)47-29(2,3)4)48-40-27(44)22-11-12-24(38-26(22)33)43-15-13-25(39-43)46-19-30(5,6)32(34,35)36/h11-13,15,17,21,25,39H,9-10,14,16,18-19H2,1-8H3,(H,40,44). The van der Waals surface area contributed by atoms with Crippen LogP contribution in [0.15, 0.2) is 35.5 Å². The van der Waals surface area contributed by atoms with E-state index in [4.69, 9.17) is 21.1 Å². The van der Waals surface area contributed by atoms with Gasteiger partial charge in [0.2, 0.25) is 0 Å². The molecule has 2 N–H and O–H groups in total. The molecule has 2 aliphatic rings. The first-order valence-electron chi connectivity index (χ1n) is 15.8. The number of aryl methyl sites for hydroxylation is 1. The maximum absolute atomic E-state index is 13.1. The predicted octanol–water partition coefficient (Wildman–Crippen LogP) is 7.26. The minimum absolute atomic E-state index is 0.0453. The van der Waals surface area contributed by atoms with E-state index in [0.29, 0.717) is 24.8 Å². The van der Waals surface area contributed by atoms with Crippen LogP contribution in [0.5, 0.6) is 0 Å². The molecule has 4 heterocycles. The minimum atomic E-state index is -4.40. The number of anilines is 1. The third-order valence-electron chi connectivity index (χ3n) is 8.26. The molecule has 16 heteroatoms. The van der Waals surface area contributed by atoms with Gasteiger partial charge in [-0.25, -0.2) is 9.78 Å². The van der Waals surface area contributed by atoms with Crippen LogP contribution in [0, 0.1) is 18.3 Å². The Balaban J connectivity index is 1.24. The van der Waals surface area contributed by atoms with Gasteiger partial charge in [0, 0.05) is 24.8 Å².